The van der Waals surface area contributed by atoms with Gasteiger partial charge in [0, 0.05) is 52.0 Å². The van der Waals surface area contributed by atoms with E-state index in [9.17, 15) is 0 Å². The fourth-order valence-electron chi connectivity index (χ4n) is 1.59. The van der Waals surface area contributed by atoms with E-state index in [0.717, 1.165) is 26.4 Å². The van der Waals surface area contributed by atoms with Crippen LogP contribution in [0.5, 0.6) is 0 Å². The van der Waals surface area contributed by atoms with E-state index < -0.39 is 0 Å². The molecule has 4 radical (unpaired) electrons. The maximum atomic E-state index is 7.26. The van der Waals surface area contributed by atoms with Gasteiger partial charge >= 0.3 is 103 Å². The third kappa shape index (κ3) is 32.2. The van der Waals surface area contributed by atoms with Crippen molar-refractivity contribution in [1.29, 1.82) is 10.5 Å². The monoisotopic (exact) mass is 485 g/mol. The molecule has 0 aromatic heterocycles. The number of halogens is 2. The van der Waals surface area contributed by atoms with E-state index in [1.807, 2.05) is 0 Å². The zero-order valence-electron chi connectivity index (χ0n) is 16.7. The van der Waals surface area contributed by atoms with Gasteiger partial charge in [0.25, 0.3) is 0 Å². The van der Waals surface area contributed by atoms with Gasteiger partial charge in [0.15, 0.2) is 12.1 Å². The van der Waals surface area contributed by atoms with Gasteiger partial charge in [-0.1, -0.05) is 14.9 Å². The van der Waals surface area contributed by atoms with Gasteiger partial charge in [0.1, 0.15) is 0 Å². The molecule has 2 heterocycles. The van der Waals surface area contributed by atoms with Crippen molar-refractivity contribution in [1.82, 2.24) is 19.6 Å². The summed E-state index contributed by atoms with van der Waals surface area (Å²) in [6.45, 7) is 8.64. The smallest absolute Gasteiger partial charge is 1.00 e. The molecule has 12 heteroatoms. The number of nitrogens with zero attached hydrogens (tertiary/aromatic N) is 6. The van der Waals surface area contributed by atoms with Gasteiger partial charge in [-0.25, -0.2) is 0 Å². The third-order valence-corrected chi connectivity index (χ3v) is 2.74. The number of hydrogen-bond acceptors (Lipinski definition) is 6. The summed E-state index contributed by atoms with van der Waals surface area (Å²) in [6, 6.07) is 2.47. The molecule has 2 aliphatic heterocycles. The molecular weight excluding hydrogens is 452 g/mol. The first-order valence-corrected chi connectivity index (χ1v) is 6.60. The third-order valence-electron chi connectivity index (χ3n) is 2.74. The Hall–Kier alpha value is 1.54. The van der Waals surface area contributed by atoms with Crippen molar-refractivity contribution in [2.75, 3.05) is 40.5 Å². The van der Waals surface area contributed by atoms with Crippen LogP contribution in [0.4, 0.5) is 0 Å². The quantitative estimate of drug-likeness (QED) is 0.360. The second-order valence-electron chi connectivity index (χ2n) is 4.43. The molecule has 28 heavy (non-hydrogen) atoms. The molecular formula is C16H34BCl2K2N6O-. The average molecular weight is 486 g/mol. The molecule has 0 aromatic rings. The van der Waals surface area contributed by atoms with E-state index in [4.69, 9.17) is 10.5 Å². The Morgan fingerprint density at radius 2 is 1.00 bits per heavy atom. The molecule has 2 N–H and O–H groups in total. The van der Waals surface area contributed by atoms with Gasteiger partial charge in [0.05, 0.1) is 13.3 Å². The van der Waals surface area contributed by atoms with Crippen molar-refractivity contribution in [2.45, 2.75) is 28.7 Å². The summed E-state index contributed by atoms with van der Waals surface area (Å²) in [4.78, 5) is 8.81. The minimum atomic E-state index is 0. The molecule has 0 atom stereocenters. The van der Waals surface area contributed by atoms with Crippen LogP contribution in [0, 0.1) is 22.7 Å². The van der Waals surface area contributed by atoms with E-state index in [1.165, 1.54) is 12.1 Å². The van der Waals surface area contributed by atoms with E-state index in [1.54, 1.807) is 0 Å². The Kier molecular flexibility index (Phi) is 79.6. The zero-order valence-corrected chi connectivity index (χ0v) is 24.4. The molecule has 2 rings (SSSR count). The van der Waals surface area contributed by atoms with Crippen LogP contribution in [-0.2, 0) is 0 Å². The average Bonchev–Trinajstić information content (AvgIpc) is 3.08. The maximum absolute atomic E-state index is 7.26. The first-order chi connectivity index (χ1) is 9.57. The van der Waals surface area contributed by atoms with Crippen LogP contribution in [0.25, 0.3) is 0 Å². The van der Waals surface area contributed by atoms with Crippen LogP contribution in [-0.4, -0.2) is 74.0 Å². The van der Waals surface area contributed by atoms with Gasteiger partial charge in [0.2, 0.25) is 0 Å². The fraction of sp³-hybridized carbons (Fsp3) is 0.625. The summed E-state index contributed by atoms with van der Waals surface area (Å²) in [5.41, 5.74) is 0. The van der Waals surface area contributed by atoms with Crippen LogP contribution >= 0.6 is 0 Å². The maximum Gasteiger partial charge on any atom is 1.00 e. The predicted octanol–water partition coefficient (Wildman–Crippen LogP) is -10.5. The molecule has 0 saturated carbocycles. The van der Waals surface area contributed by atoms with Crippen molar-refractivity contribution >= 4 is 8.41 Å². The van der Waals surface area contributed by atoms with E-state index in [0.29, 0.717) is 0 Å². The van der Waals surface area contributed by atoms with Gasteiger partial charge in [-0.15, -0.1) is 0 Å². The van der Waals surface area contributed by atoms with Gasteiger partial charge in [-0.05, 0) is 13.8 Å². The van der Waals surface area contributed by atoms with E-state index in [-0.39, 0.29) is 156 Å². The molecule has 0 aliphatic carbocycles. The van der Waals surface area contributed by atoms with Crippen LogP contribution in [0.15, 0.2) is 24.8 Å². The molecule has 0 unspecified atom stereocenters. The molecule has 0 amide bonds. The molecule has 0 spiro atoms. The summed E-state index contributed by atoms with van der Waals surface area (Å²) in [7, 11) is 4.15. The Balaban J connectivity index is -0.0000000251. The van der Waals surface area contributed by atoms with Crippen LogP contribution in [0.2, 0.25) is 0 Å². The first-order valence-electron chi connectivity index (χ1n) is 6.60. The minimum absolute atomic E-state index is 0. The second-order valence-corrected chi connectivity index (χ2v) is 4.43. The van der Waals surface area contributed by atoms with Crippen molar-refractivity contribution in [3.8, 4) is 12.1 Å². The number of hydrogen-bond donors (Lipinski definition) is 0. The number of nitriles is 2. The molecule has 154 valence electrons. The molecule has 0 fully saturated rings. The zero-order chi connectivity index (χ0) is 15.4. The molecule has 0 aromatic carbocycles. The van der Waals surface area contributed by atoms with Crippen molar-refractivity contribution in [3.05, 3.63) is 24.8 Å². The van der Waals surface area contributed by atoms with Gasteiger partial charge < -0.3 is 58.3 Å². The van der Waals surface area contributed by atoms with E-state index in [2.05, 4.69) is 72.3 Å². The molecule has 0 bridgehead atoms. The summed E-state index contributed by atoms with van der Waals surface area (Å²) in [5, 5.41) is 14.5. The SMILES string of the molecule is C.C.CCN1C=CN(C)C1.CCN1C=CN(C)C1.N#CC#N.O.[B-].[Cl-].[Cl-].[K+].[K+]. The Labute approximate surface area is 273 Å². The Morgan fingerprint density at radius 3 is 1.07 bits per heavy atom. The fourth-order valence-corrected chi connectivity index (χ4v) is 1.59. The number of rotatable bonds is 2. The van der Waals surface area contributed by atoms with Crippen molar-refractivity contribution in [2.24, 2.45) is 0 Å². The van der Waals surface area contributed by atoms with Crippen molar-refractivity contribution in [3.63, 3.8) is 0 Å². The normalized spacial score (nSPS) is 10.8. The predicted molar refractivity (Wildman–Crippen MR) is 102 cm³/mol. The summed E-state index contributed by atoms with van der Waals surface area (Å²) in [6.07, 6.45) is 8.40. The van der Waals surface area contributed by atoms with Crippen LogP contribution < -0.4 is 128 Å². The summed E-state index contributed by atoms with van der Waals surface area (Å²) >= 11 is 0. The topological polar surface area (TPSA) is 92.0 Å². The van der Waals surface area contributed by atoms with Crippen molar-refractivity contribution < 1.29 is 133 Å². The molecule has 0 saturated heterocycles. The van der Waals surface area contributed by atoms with Gasteiger partial charge in [-0.2, -0.15) is 10.5 Å². The van der Waals surface area contributed by atoms with E-state index >= 15 is 0 Å². The van der Waals surface area contributed by atoms with Crippen LogP contribution in [0.1, 0.15) is 28.7 Å². The van der Waals surface area contributed by atoms with Gasteiger partial charge in [-0.3, -0.25) is 0 Å². The first kappa shape index (κ1) is 57.0. The Bertz CT molecular complexity index is 385. The standard InChI is InChI=1S/2C6H12N2.C2N2.2CH4.B.2ClH.2K.H2O/c2*1-3-8-5-4-7(2)6-8;3-1-2-4;;;;;;;;/h2*4-5H,3,6H2,1-2H3;;2*1H4;;2*1H;;;1H2/q;;;;;-1;;;2*+1;/p-2. The Morgan fingerprint density at radius 1 is 0.750 bits per heavy atom. The molecule has 2 aliphatic rings. The summed E-state index contributed by atoms with van der Waals surface area (Å²) < 4.78 is 0. The largest absolute Gasteiger partial charge is 1.00 e. The minimum Gasteiger partial charge on any atom is -1.00 e. The second kappa shape index (κ2) is 39.1. The summed E-state index contributed by atoms with van der Waals surface area (Å²) in [5.74, 6) is 0. The van der Waals surface area contributed by atoms with Crippen LogP contribution in [0.3, 0.4) is 0 Å². The molecule has 7 nitrogen and oxygen atoms in total.